The summed E-state index contributed by atoms with van der Waals surface area (Å²) >= 11 is 5.04. The predicted molar refractivity (Wildman–Crippen MR) is 119 cm³/mol. The molecule has 10 heteroatoms. The lowest BCUT2D eigenvalue weighted by Gasteiger charge is -2.14. The van der Waals surface area contributed by atoms with E-state index >= 15 is 0 Å². The van der Waals surface area contributed by atoms with Gasteiger partial charge in [0, 0.05) is 24.7 Å². The van der Waals surface area contributed by atoms with Crippen molar-refractivity contribution in [2.75, 3.05) is 13.3 Å². The highest BCUT2D eigenvalue weighted by Gasteiger charge is 2.11. The Morgan fingerprint density at radius 1 is 1.19 bits per heavy atom. The van der Waals surface area contributed by atoms with Crippen LogP contribution < -0.4 is 10.6 Å². The topological polar surface area (TPSA) is 70.6 Å². The first-order chi connectivity index (χ1) is 11.8. The molecular weight excluding hydrogens is 556 g/mol. The van der Waals surface area contributed by atoms with Crippen LogP contribution in [0.4, 0.5) is 4.39 Å². The van der Waals surface area contributed by atoms with Crippen molar-refractivity contribution in [1.82, 2.24) is 10.6 Å². The van der Waals surface area contributed by atoms with Gasteiger partial charge < -0.3 is 10.6 Å². The summed E-state index contributed by atoms with van der Waals surface area (Å²) in [6, 6.07) is 8.10. The number of rotatable bonds is 6. The van der Waals surface area contributed by atoms with Gasteiger partial charge in [0.25, 0.3) is 0 Å². The van der Waals surface area contributed by atoms with Crippen LogP contribution in [0.1, 0.15) is 16.0 Å². The van der Waals surface area contributed by atoms with Gasteiger partial charge in [-0.25, -0.2) is 12.8 Å². The fourth-order valence-electron chi connectivity index (χ4n) is 2.20. The Morgan fingerprint density at radius 2 is 1.88 bits per heavy atom. The maximum Gasteiger partial charge on any atom is 0.191 e. The van der Waals surface area contributed by atoms with Gasteiger partial charge in [-0.1, -0.05) is 6.07 Å². The van der Waals surface area contributed by atoms with Crippen molar-refractivity contribution in [3.8, 4) is 0 Å². The van der Waals surface area contributed by atoms with E-state index in [0.717, 1.165) is 14.9 Å². The highest BCUT2D eigenvalue weighted by atomic mass is 127. The molecule has 0 aliphatic carbocycles. The van der Waals surface area contributed by atoms with E-state index in [1.807, 2.05) is 12.1 Å². The minimum Gasteiger partial charge on any atom is -0.352 e. The van der Waals surface area contributed by atoms with Crippen molar-refractivity contribution < 1.29 is 12.8 Å². The molecule has 5 nitrogen and oxygen atoms in total. The summed E-state index contributed by atoms with van der Waals surface area (Å²) in [4.78, 5) is 5.26. The Morgan fingerprint density at radius 3 is 2.46 bits per heavy atom. The first-order valence-corrected chi connectivity index (χ1v) is 11.1. The van der Waals surface area contributed by atoms with Gasteiger partial charge in [0.2, 0.25) is 0 Å². The third-order valence-corrected chi connectivity index (χ3v) is 5.77. The number of thiophene rings is 1. The molecule has 26 heavy (non-hydrogen) atoms. The van der Waals surface area contributed by atoms with E-state index in [1.54, 1.807) is 18.4 Å². The Bertz CT molecular complexity index is 872. The number of halogens is 3. The third kappa shape index (κ3) is 7.89. The maximum atomic E-state index is 13.5. The number of hydrogen-bond donors (Lipinski definition) is 2. The van der Waals surface area contributed by atoms with Gasteiger partial charge in [-0.3, -0.25) is 4.99 Å². The van der Waals surface area contributed by atoms with E-state index in [9.17, 15) is 12.8 Å². The molecule has 0 spiro atoms. The van der Waals surface area contributed by atoms with E-state index < -0.39 is 15.7 Å². The Hall–Kier alpha value is -0.720. The van der Waals surface area contributed by atoms with E-state index in [4.69, 9.17) is 0 Å². The zero-order valence-corrected chi connectivity index (χ0v) is 19.8. The highest BCUT2D eigenvalue weighted by molar-refractivity contribution is 14.0. The molecule has 0 bridgehead atoms. The zero-order chi connectivity index (χ0) is 18.4. The molecule has 0 amide bonds. The van der Waals surface area contributed by atoms with Gasteiger partial charge in [-0.05, 0) is 51.3 Å². The summed E-state index contributed by atoms with van der Waals surface area (Å²) < 4.78 is 37.7. The van der Waals surface area contributed by atoms with Crippen LogP contribution in [0.5, 0.6) is 0 Å². The van der Waals surface area contributed by atoms with Gasteiger partial charge >= 0.3 is 0 Å². The van der Waals surface area contributed by atoms with Gasteiger partial charge in [0.05, 0.1) is 16.1 Å². The number of hydrogen-bond acceptors (Lipinski definition) is 4. The lowest BCUT2D eigenvalue weighted by molar-refractivity contribution is 0.599. The lowest BCUT2D eigenvalue weighted by atomic mass is 10.1. The quantitative estimate of drug-likeness (QED) is 0.313. The first-order valence-electron chi connectivity index (χ1n) is 7.40. The smallest absolute Gasteiger partial charge is 0.191 e. The van der Waals surface area contributed by atoms with E-state index in [2.05, 4.69) is 31.6 Å². The standard InChI is InChI=1S/C16H19BrFN3O2S2.HI/c1-19-16(21-9-14-5-6-15(17)24-14)20-8-12-7-13(18)4-3-11(12)10-25(2,22)23;/h3-7H,8-10H2,1-2H3,(H2,19,20,21);1H. The molecule has 2 aromatic rings. The zero-order valence-electron chi connectivity index (χ0n) is 14.3. The van der Waals surface area contributed by atoms with Gasteiger partial charge in [0.1, 0.15) is 5.82 Å². The molecule has 1 heterocycles. The lowest BCUT2D eigenvalue weighted by Crippen LogP contribution is -2.36. The molecule has 0 unspecified atom stereocenters. The van der Waals surface area contributed by atoms with Crippen LogP contribution in [-0.4, -0.2) is 27.7 Å². The molecule has 1 aromatic heterocycles. The third-order valence-electron chi connectivity index (χ3n) is 3.31. The van der Waals surface area contributed by atoms with Crippen molar-refractivity contribution in [3.63, 3.8) is 0 Å². The summed E-state index contributed by atoms with van der Waals surface area (Å²) in [5, 5.41) is 6.25. The maximum absolute atomic E-state index is 13.5. The van der Waals surface area contributed by atoms with Crippen molar-refractivity contribution in [2.45, 2.75) is 18.8 Å². The summed E-state index contributed by atoms with van der Waals surface area (Å²) in [6.45, 7) is 0.881. The fraction of sp³-hybridized carbons (Fsp3) is 0.312. The van der Waals surface area contributed by atoms with Crippen molar-refractivity contribution in [1.29, 1.82) is 0 Å². The highest BCUT2D eigenvalue weighted by Crippen LogP contribution is 2.21. The number of nitrogens with one attached hydrogen (secondary N) is 2. The Kier molecular flexibility index (Phi) is 9.48. The van der Waals surface area contributed by atoms with Crippen molar-refractivity contribution in [3.05, 3.63) is 55.9 Å². The molecule has 0 fully saturated rings. The molecule has 0 radical (unpaired) electrons. The van der Waals surface area contributed by atoms with Crippen LogP contribution in [0.25, 0.3) is 0 Å². The molecule has 0 aliphatic rings. The molecule has 144 valence electrons. The Balaban J connectivity index is 0.00000338. The second-order valence-corrected chi connectivity index (χ2v) is 10.2. The first kappa shape index (κ1) is 23.3. The minimum absolute atomic E-state index is 0. The molecule has 0 saturated heterocycles. The molecule has 0 aliphatic heterocycles. The molecule has 2 N–H and O–H groups in total. The normalized spacial score (nSPS) is 11.8. The van der Waals surface area contributed by atoms with Crippen molar-refractivity contribution in [2.24, 2.45) is 4.99 Å². The second kappa shape index (κ2) is 10.6. The number of nitrogens with zero attached hydrogens (tertiary/aromatic N) is 1. The largest absolute Gasteiger partial charge is 0.352 e. The van der Waals surface area contributed by atoms with Crippen molar-refractivity contribution >= 4 is 67.0 Å². The SMILES string of the molecule is CN=C(NCc1ccc(Br)s1)NCc1cc(F)ccc1CS(C)(=O)=O.I. The second-order valence-electron chi connectivity index (χ2n) is 5.47. The molecular formula is C16H20BrFIN3O2S2. The van der Waals surface area contributed by atoms with Crippen LogP contribution >= 0.6 is 51.2 Å². The van der Waals surface area contributed by atoms with Crippen LogP contribution in [0.3, 0.4) is 0 Å². The average Bonchev–Trinajstić information content (AvgIpc) is 2.94. The van der Waals surface area contributed by atoms with E-state index in [0.29, 0.717) is 23.6 Å². The van der Waals surface area contributed by atoms with Gasteiger partial charge in [-0.15, -0.1) is 35.3 Å². The average molecular weight is 576 g/mol. The predicted octanol–water partition coefficient (Wildman–Crippen LogP) is 3.68. The number of guanidine groups is 1. The molecule has 1 aromatic carbocycles. The van der Waals surface area contributed by atoms with Gasteiger partial charge in [-0.2, -0.15) is 0 Å². The molecule has 0 saturated carbocycles. The minimum atomic E-state index is -3.20. The van der Waals surface area contributed by atoms with Crippen LogP contribution in [0.2, 0.25) is 0 Å². The summed E-state index contributed by atoms with van der Waals surface area (Å²) in [5.74, 6) is 0.0269. The molecule has 2 rings (SSSR count). The summed E-state index contributed by atoms with van der Waals surface area (Å²) in [6.07, 6.45) is 1.16. The van der Waals surface area contributed by atoms with E-state index in [1.165, 1.54) is 18.2 Å². The monoisotopic (exact) mass is 575 g/mol. The fourth-order valence-corrected chi connectivity index (χ4v) is 4.47. The number of benzene rings is 1. The van der Waals surface area contributed by atoms with Crippen LogP contribution in [0, 0.1) is 5.82 Å². The summed E-state index contributed by atoms with van der Waals surface area (Å²) in [7, 11) is -1.56. The number of sulfone groups is 1. The van der Waals surface area contributed by atoms with Crippen LogP contribution in [-0.2, 0) is 28.7 Å². The Labute approximate surface area is 182 Å². The molecule has 0 atom stereocenters. The van der Waals surface area contributed by atoms with Gasteiger partial charge in [0.15, 0.2) is 15.8 Å². The summed E-state index contributed by atoms with van der Waals surface area (Å²) in [5.41, 5.74) is 1.17. The van der Waals surface area contributed by atoms with E-state index in [-0.39, 0.29) is 36.3 Å². The van der Waals surface area contributed by atoms with Crippen LogP contribution in [0.15, 0.2) is 39.1 Å². The number of aliphatic imine (C=N–C) groups is 1.